The number of amides is 2. The first-order chi connectivity index (χ1) is 10.5. The average Bonchev–Trinajstić information content (AvgIpc) is 2.84. The first-order valence-electron chi connectivity index (χ1n) is 7.36. The molecule has 9 heteroatoms. The van der Waals surface area contributed by atoms with Crippen molar-refractivity contribution < 1.29 is 14.1 Å². The van der Waals surface area contributed by atoms with Crippen molar-refractivity contribution in [3.63, 3.8) is 0 Å². The molecular formula is C14H23ClN4O3S. The summed E-state index contributed by atoms with van der Waals surface area (Å²) in [6, 6.07) is 2.31. The van der Waals surface area contributed by atoms with E-state index in [0.29, 0.717) is 17.6 Å². The first kappa shape index (κ1) is 19.8. The number of piperidine rings is 1. The topological polar surface area (TPSA) is 96.3 Å². The van der Waals surface area contributed by atoms with Gasteiger partial charge in [0.25, 0.3) is 0 Å². The SMILES string of the molecule is Cc1cc(NC(=O)CSCC(=O)NC2CCNC(C)C2)no1.Cl. The van der Waals surface area contributed by atoms with E-state index in [1.807, 2.05) is 0 Å². The van der Waals surface area contributed by atoms with Gasteiger partial charge in [0, 0.05) is 18.2 Å². The van der Waals surface area contributed by atoms with Crippen LogP contribution in [0.2, 0.25) is 0 Å². The van der Waals surface area contributed by atoms with E-state index < -0.39 is 0 Å². The summed E-state index contributed by atoms with van der Waals surface area (Å²) in [5, 5.41) is 12.7. The largest absolute Gasteiger partial charge is 0.360 e. The zero-order valence-electron chi connectivity index (χ0n) is 13.3. The minimum atomic E-state index is -0.193. The van der Waals surface area contributed by atoms with Crippen LogP contribution in [0.5, 0.6) is 0 Å². The maximum absolute atomic E-state index is 11.8. The molecule has 0 bridgehead atoms. The van der Waals surface area contributed by atoms with Crippen LogP contribution < -0.4 is 16.0 Å². The summed E-state index contributed by atoms with van der Waals surface area (Å²) >= 11 is 1.29. The number of hydrogen-bond donors (Lipinski definition) is 3. The second-order valence-corrected chi connectivity index (χ2v) is 6.49. The summed E-state index contributed by atoms with van der Waals surface area (Å²) < 4.78 is 4.86. The second kappa shape index (κ2) is 9.79. The van der Waals surface area contributed by atoms with Crippen LogP contribution in [0.4, 0.5) is 5.82 Å². The van der Waals surface area contributed by atoms with E-state index in [2.05, 4.69) is 28.0 Å². The lowest BCUT2D eigenvalue weighted by molar-refractivity contribution is -0.119. The van der Waals surface area contributed by atoms with Gasteiger partial charge in [0.1, 0.15) is 5.76 Å². The van der Waals surface area contributed by atoms with Crippen molar-refractivity contribution in [1.29, 1.82) is 0 Å². The number of halogens is 1. The molecule has 0 spiro atoms. The van der Waals surface area contributed by atoms with Crippen molar-refractivity contribution in [2.75, 3.05) is 23.4 Å². The summed E-state index contributed by atoms with van der Waals surface area (Å²) in [6.45, 7) is 4.80. The highest BCUT2D eigenvalue weighted by molar-refractivity contribution is 8.00. The lowest BCUT2D eigenvalue weighted by Crippen LogP contribution is -2.47. The molecule has 3 N–H and O–H groups in total. The van der Waals surface area contributed by atoms with Gasteiger partial charge < -0.3 is 20.5 Å². The molecule has 1 aromatic heterocycles. The monoisotopic (exact) mass is 362 g/mol. The molecule has 2 amide bonds. The van der Waals surface area contributed by atoms with Crippen LogP contribution in [0, 0.1) is 6.92 Å². The number of aromatic nitrogens is 1. The van der Waals surface area contributed by atoms with Gasteiger partial charge in [-0.1, -0.05) is 5.16 Å². The van der Waals surface area contributed by atoms with Crippen molar-refractivity contribution in [2.45, 2.75) is 38.8 Å². The van der Waals surface area contributed by atoms with Crippen LogP contribution >= 0.6 is 24.2 Å². The minimum Gasteiger partial charge on any atom is -0.360 e. The number of carbonyl (C=O) groups is 2. The molecule has 0 saturated carbocycles. The van der Waals surface area contributed by atoms with Gasteiger partial charge in [-0.3, -0.25) is 9.59 Å². The maximum Gasteiger partial charge on any atom is 0.235 e. The van der Waals surface area contributed by atoms with Crippen LogP contribution in [-0.2, 0) is 9.59 Å². The molecule has 1 saturated heterocycles. The average molecular weight is 363 g/mol. The van der Waals surface area contributed by atoms with Crippen molar-refractivity contribution in [3.8, 4) is 0 Å². The molecule has 2 unspecified atom stereocenters. The Morgan fingerprint density at radius 1 is 1.43 bits per heavy atom. The molecule has 0 radical (unpaired) electrons. The predicted octanol–water partition coefficient (Wildman–Crippen LogP) is 1.33. The van der Waals surface area contributed by atoms with Gasteiger partial charge in [-0.05, 0) is 33.2 Å². The highest BCUT2D eigenvalue weighted by atomic mass is 35.5. The van der Waals surface area contributed by atoms with E-state index >= 15 is 0 Å². The fourth-order valence-electron chi connectivity index (χ4n) is 2.37. The Balaban J connectivity index is 0.00000264. The Morgan fingerprint density at radius 2 is 2.17 bits per heavy atom. The number of thioether (sulfide) groups is 1. The number of hydrogen-bond acceptors (Lipinski definition) is 6. The quantitative estimate of drug-likeness (QED) is 0.706. The van der Waals surface area contributed by atoms with Crippen LogP contribution in [-0.4, -0.2) is 47.1 Å². The van der Waals surface area contributed by atoms with Crippen molar-refractivity contribution in [3.05, 3.63) is 11.8 Å². The van der Waals surface area contributed by atoms with Crippen molar-refractivity contribution >= 4 is 41.8 Å². The molecule has 1 aliphatic rings. The van der Waals surface area contributed by atoms with Crippen LogP contribution in [0.15, 0.2) is 10.6 Å². The van der Waals surface area contributed by atoms with Crippen molar-refractivity contribution in [2.24, 2.45) is 0 Å². The highest BCUT2D eigenvalue weighted by Gasteiger charge is 2.19. The Labute approximate surface area is 146 Å². The molecule has 2 atom stereocenters. The van der Waals surface area contributed by atoms with Gasteiger partial charge in [-0.15, -0.1) is 24.2 Å². The van der Waals surface area contributed by atoms with Gasteiger partial charge in [0.05, 0.1) is 11.5 Å². The molecule has 0 aromatic carbocycles. The van der Waals surface area contributed by atoms with Gasteiger partial charge >= 0.3 is 0 Å². The normalized spacial score (nSPS) is 20.4. The Hall–Kier alpha value is -1.25. The van der Waals surface area contributed by atoms with Crippen LogP contribution in [0.1, 0.15) is 25.5 Å². The Bertz CT molecular complexity index is 526. The standard InChI is InChI=1S/C14H22N4O3S.ClH/c1-9-5-11(3-4-15-9)16-13(19)7-22-8-14(20)17-12-6-10(2)21-18-12;/h6,9,11,15H,3-5,7-8H2,1-2H3,(H,16,19)(H,17,18,20);1H. The third-order valence-electron chi connectivity index (χ3n) is 3.35. The fourth-order valence-corrected chi connectivity index (χ4v) is 3.00. The Morgan fingerprint density at radius 3 is 2.83 bits per heavy atom. The van der Waals surface area contributed by atoms with E-state index in [0.717, 1.165) is 19.4 Å². The second-order valence-electron chi connectivity index (χ2n) is 5.51. The number of aryl methyl sites for hydroxylation is 1. The third kappa shape index (κ3) is 7.24. The Kier molecular flexibility index (Phi) is 8.43. The maximum atomic E-state index is 11.8. The minimum absolute atomic E-state index is 0. The lowest BCUT2D eigenvalue weighted by atomic mass is 10.0. The van der Waals surface area contributed by atoms with E-state index in [-0.39, 0.29) is 41.8 Å². The third-order valence-corrected chi connectivity index (χ3v) is 4.28. The summed E-state index contributed by atoms with van der Waals surface area (Å²) in [7, 11) is 0. The van der Waals surface area contributed by atoms with Crippen LogP contribution in [0.3, 0.4) is 0 Å². The highest BCUT2D eigenvalue weighted by Crippen LogP contribution is 2.10. The van der Waals surface area contributed by atoms with Gasteiger partial charge in [-0.2, -0.15) is 0 Å². The lowest BCUT2D eigenvalue weighted by Gasteiger charge is -2.28. The number of anilines is 1. The molecule has 1 aliphatic heterocycles. The molecular weight excluding hydrogens is 340 g/mol. The summed E-state index contributed by atoms with van der Waals surface area (Å²) in [5.74, 6) is 1.32. The van der Waals surface area contributed by atoms with Gasteiger partial charge in [-0.25, -0.2) is 0 Å². The summed E-state index contributed by atoms with van der Waals surface area (Å²) in [5.41, 5.74) is 0. The molecule has 0 aliphatic carbocycles. The molecule has 2 rings (SSSR count). The zero-order chi connectivity index (χ0) is 15.9. The first-order valence-corrected chi connectivity index (χ1v) is 8.52. The van der Waals surface area contributed by atoms with E-state index in [9.17, 15) is 9.59 Å². The zero-order valence-corrected chi connectivity index (χ0v) is 14.9. The fraction of sp³-hybridized carbons (Fsp3) is 0.643. The smallest absolute Gasteiger partial charge is 0.235 e. The van der Waals surface area contributed by atoms with Gasteiger partial charge in [0.2, 0.25) is 11.8 Å². The molecule has 23 heavy (non-hydrogen) atoms. The van der Waals surface area contributed by atoms with E-state index in [4.69, 9.17) is 4.52 Å². The number of nitrogens with one attached hydrogen (secondary N) is 3. The van der Waals surface area contributed by atoms with E-state index in [1.165, 1.54) is 11.8 Å². The molecule has 1 fully saturated rings. The summed E-state index contributed by atoms with van der Waals surface area (Å²) in [6.07, 6.45) is 1.90. The van der Waals surface area contributed by atoms with Gasteiger partial charge in [0.15, 0.2) is 5.82 Å². The predicted molar refractivity (Wildman–Crippen MR) is 93.1 cm³/mol. The molecule has 2 heterocycles. The number of rotatable bonds is 6. The van der Waals surface area contributed by atoms with Crippen molar-refractivity contribution in [1.82, 2.24) is 15.8 Å². The van der Waals surface area contributed by atoms with E-state index in [1.54, 1.807) is 13.0 Å². The van der Waals surface area contributed by atoms with Crippen LogP contribution in [0.25, 0.3) is 0 Å². The number of nitrogens with zero attached hydrogens (tertiary/aromatic N) is 1. The molecule has 1 aromatic rings. The molecule has 130 valence electrons. The molecule has 7 nitrogen and oxygen atoms in total. The summed E-state index contributed by atoms with van der Waals surface area (Å²) in [4.78, 5) is 23.5. The number of carbonyl (C=O) groups excluding carboxylic acids is 2.